The van der Waals surface area contributed by atoms with Crippen LogP contribution in [-0.2, 0) is 4.74 Å². The van der Waals surface area contributed by atoms with Crippen molar-refractivity contribution in [3.05, 3.63) is 38.8 Å². The van der Waals surface area contributed by atoms with Crippen molar-refractivity contribution in [2.75, 3.05) is 7.11 Å². The number of esters is 1. The Morgan fingerprint density at radius 2 is 1.94 bits per heavy atom. The molecular formula is C12H9Cl2NO2S. The van der Waals surface area contributed by atoms with Crippen LogP contribution in [0.3, 0.4) is 0 Å². The van der Waals surface area contributed by atoms with Gasteiger partial charge in [-0.1, -0.05) is 29.3 Å². The summed E-state index contributed by atoms with van der Waals surface area (Å²) >= 11 is 13.6. The Kier molecular flexibility index (Phi) is 3.90. The standard InChI is InChI=1S/C12H9Cl2NO2S/c1-6-10(12(16)17-2)15-11(18-6)9-7(13)4-3-5-8(9)14/h3-5H,1-2H3. The number of aryl methyl sites for hydroxylation is 1. The monoisotopic (exact) mass is 301 g/mol. The highest BCUT2D eigenvalue weighted by atomic mass is 35.5. The van der Waals surface area contributed by atoms with Crippen LogP contribution in [0.25, 0.3) is 10.6 Å². The Morgan fingerprint density at radius 3 is 2.50 bits per heavy atom. The molecule has 0 radical (unpaired) electrons. The predicted octanol–water partition coefficient (Wildman–Crippen LogP) is 4.21. The highest BCUT2D eigenvalue weighted by Gasteiger charge is 2.19. The van der Waals surface area contributed by atoms with E-state index in [-0.39, 0.29) is 0 Å². The summed E-state index contributed by atoms with van der Waals surface area (Å²) < 4.78 is 4.67. The van der Waals surface area contributed by atoms with Gasteiger partial charge in [0.25, 0.3) is 0 Å². The summed E-state index contributed by atoms with van der Waals surface area (Å²) in [5, 5.41) is 1.63. The van der Waals surface area contributed by atoms with Gasteiger partial charge in [-0.2, -0.15) is 0 Å². The van der Waals surface area contributed by atoms with Crippen molar-refractivity contribution < 1.29 is 9.53 Å². The number of methoxy groups -OCH3 is 1. The first kappa shape index (κ1) is 13.3. The zero-order chi connectivity index (χ0) is 13.3. The minimum atomic E-state index is -0.460. The van der Waals surface area contributed by atoms with Crippen molar-refractivity contribution in [3.63, 3.8) is 0 Å². The van der Waals surface area contributed by atoms with Crippen LogP contribution in [0.1, 0.15) is 15.4 Å². The van der Waals surface area contributed by atoms with Crippen LogP contribution in [0.4, 0.5) is 0 Å². The summed E-state index contributed by atoms with van der Waals surface area (Å²) in [6.45, 7) is 1.80. The number of benzene rings is 1. The molecule has 1 aromatic carbocycles. The van der Waals surface area contributed by atoms with Gasteiger partial charge < -0.3 is 4.74 Å². The van der Waals surface area contributed by atoms with E-state index in [2.05, 4.69) is 9.72 Å². The molecule has 0 aliphatic heterocycles. The fraction of sp³-hybridized carbons (Fsp3) is 0.167. The van der Waals surface area contributed by atoms with Gasteiger partial charge in [0.1, 0.15) is 5.01 Å². The van der Waals surface area contributed by atoms with E-state index in [0.29, 0.717) is 26.3 Å². The van der Waals surface area contributed by atoms with Gasteiger partial charge in [0.15, 0.2) is 5.69 Å². The molecule has 94 valence electrons. The lowest BCUT2D eigenvalue weighted by molar-refractivity contribution is 0.0594. The lowest BCUT2D eigenvalue weighted by Gasteiger charge is -2.02. The first-order chi connectivity index (χ1) is 8.54. The molecule has 0 N–H and O–H groups in total. The van der Waals surface area contributed by atoms with Gasteiger partial charge in [-0.3, -0.25) is 0 Å². The average molecular weight is 302 g/mol. The Bertz CT molecular complexity index is 590. The number of rotatable bonds is 2. The van der Waals surface area contributed by atoms with Gasteiger partial charge in [0, 0.05) is 10.4 Å². The molecule has 0 bridgehead atoms. The number of carbonyl (C=O) groups is 1. The highest BCUT2D eigenvalue weighted by Crippen LogP contribution is 2.37. The predicted molar refractivity (Wildman–Crippen MR) is 73.6 cm³/mol. The second kappa shape index (κ2) is 5.26. The Hall–Kier alpha value is -1.10. The molecule has 0 atom stereocenters. The Balaban J connectivity index is 2.56. The van der Waals surface area contributed by atoms with Crippen LogP contribution < -0.4 is 0 Å². The van der Waals surface area contributed by atoms with Crippen molar-refractivity contribution >= 4 is 40.5 Å². The van der Waals surface area contributed by atoms with Gasteiger partial charge in [0.2, 0.25) is 0 Å². The zero-order valence-electron chi connectivity index (χ0n) is 9.66. The van der Waals surface area contributed by atoms with E-state index >= 15 is 0 Å². The molecule has 0 saturated heterocycles. The number of ether oxygens (including phenoxy) is 1. The number of halogens is 2. The smallest absolute Gasteiger partial charge is 0.357 e. The van der Waals surface area contributed by atoms with Gasteiger partial charge in [-0.05, 0) is 19.1 Å². The number of hydrogen-bond donors (Lipinski definition) is 0. The fourth-order valence-corrected chi connectivity index (χ4v) is 3.15. The molecule has 2 rings (SSSR count). The van der Waals surface area contributed by atoms with Crippen LogP contribution in [-0.4, -0.2) is 18.1 Å². The molecular weight excluding hydrogens is 293 g/mol. The zero-order valence-corrected chi connectivity index (χ0v) is 12.0. The summed E-state index contributed by atoms with van der Waals surface area (Å²) in [4.78, 5) is 16.5. The van der Waals surface area contributed by atoms with E-state index in [1.54, 1.807) is 25.1 Å². The van der Waals surface area contributed by atoms with Crippen molar-refractivity contribution in [3.8, 4) is 10.6 Å². The van der Waals surface area contributed by atoms with E-state index in [1.807, 2.05) is 0 Å². The molecule has 0 saturated carbocycles. The van der Waals surface area contributed by atoms with Crippen LogP contribution in [0.5, 0.6) is 0 Å². The summed E-state index contributed by atoms with van der Waals surface area (Å²) in [6.07, 6.45) is 0. The first-order valence-electron chi connectivity index (χ1n) is 5.04. The van der Waals surface area contributed by atoms with Crippen LogP contribution in [0.2, 0.25) is 10.0 Å². The van der Waals surface area contributed by atoms with Gasteiger partial charge in [-0.25, -0.2) is 9.78 Å². The largest absolute Gasteiger partial charge is 0.464 e. The number of thiazole rings is 1. The van der Waals surface area contributed by atoms with Gasteiger partial charge >= 0.3 is 5.97 Å². The number of aromatic nitrogens is 1. The van der Waals surface area contributed by atoms with Crippen molar-refractivity contribution in [1.82, 2.24) is 4.98 Å². The van der Waals surface area contributed by atoms with E-state index in [1.165, 1.54) is 18.4 Å². The third-order valence-corrected chi connectivity index (χ3v) is 3.97. The first-order valence-corrected chi connectivity index (χ1v) is 6.62. The summed E-state index contributed by atoms with van der Waals surface area (Å²) in [5.74, 6) is -0.460. The number of carbonyl (C=O) groups excluding carboxylic acids is 1. The molecule has 18 heavy (non-hydrogen) atoms. The summed E-state index contributed by atoms with van der Waals surface area (Å²) in [5.41, 5.74) is 0.942. The van der Waals surface area contributed by atoms with Crippen LogP contribution in [0, 0.1) is 6.92 Å². The van der Waals surface area contributed by atoms with Gasteiger partial charge in [0.05, 0.1) is 17.2 Å². The van der Waals surface area contributed by atoms with Crippen molar-refractivity contribution in [2.24, 2.45) is 0 Å². The minimum Gasteiger partial charge on any atom is -0.464 e. The molecule has 0 amide bonds. The third-order valence-electron chi connectivity index (χ3n) is 2.35. The molecule has 0 aliphatic rings. The van der Waals surface area contributed by atoms with E-state index in [4.69, 9.17) is 23.2 Å². The van der Waals surface area contributed by atoms with E-state index in [9.17, 15) is 4.79 Å². The quantitative estimate of drug-likeness (QED) is 0.780. The van der Waals surface area contributed by atoms with Gasteiger partial charge in [-0.15, -0.1) is 11.3 Å². The topological polar surface area (TPSA) is 39.2 Å². The lowest BCUT2D eigenvalue weighted by atomic mass is 10.2. The molecule has 0 fully saturated rings. The summed E-state index contributed by atoms with van der Waals surface area (Å²) in [7, 11) is 1.32. The SMILES string of the molecule is COC(=O)c1nc(-c2c(Cl)cccc2Cl)sc1C. The summed E-state index contributed by atoms with van der Waals surface area (Å²) in [6, 6.07) is 5.23. The minimum absolute atomic E-state index is 0.300. The number of hydrogen-bond acceptors (Lipinski definition) is 4. The molecule has 0 aliphatic carbocycles. The van der Waals surface area contributed by atoms with E-state index in [0.717, 1.165) is 4.88 Å². The molecule has 6 heteroatoms. The van der Waals surface area contributed by atoms with Crippen molar-refractivity contribution in [2.45, 2.75) is 6.92 Å². The van der Waals surface area contributed by atoms with E-state index < -0.39 is 5.97 Å². The second-order valence-electron chi connectivity index (χ2n) is 3.51. The highest BCUT2D eigenvalue weighted by molar-refractivity contribution is 7.15. The number of nitrogens with zero attached hydrogens (tertiary/aromatic N) is 1. The maximum absolute atomic E-state index is 11.5. The van der Waals surface area contributed by atoms with Crippen molar-refractivity contribution in [1.29, 1.82) is 0 Å². The molecule has 1 heterocycles. The van der Waals surface area contributed by atoms with Crippen LogP contribution in [0.15, 0.2) is 18.2 Å². The third kappa shape index (κ3) is 2.36. The molecule has 0 unspecified atom stereocenters. The second-order valence-corrected chi connectivity index (χ2v) is 5.53. The maximum Gasteiger partial charge on any atom is 0.357 e. The Morgan fingerprint density at radius 1 is 1.33 bits per heavy atom. The normalized spacial score (nSPS) is 10.4. The molecule has 1 aromatic heterocycles. The molecule has 3 nitrogen and oxygen atoms in total. The molecule has 0 spiro atoms. The average Bonchev–Trinajstić information content (AvgIpc) is 2.70. The lowest BCUT2D eigenvalue weighted by Crippen LogP contribution is -2.03. The Labute approximate surface area is 118 Å². The van der Waals surface area contributed by atoms with Crippen LogP contribution >= 0.6 is 34.5 Å². The maximum atomic E-state index is 11.5. The fourth-order valence-electron chi connectivity index (χ4n) is 1.49. The molecule has 2 aromatic rings.